The summed E-state index contributed by atoms with van der Waals surface area (Å²) in [5, 5.41) is 22.6. The molecule has 4 aliphatic carbocycles. The van der Waals surface area contributed by atoms with E-state index in [0.717, 1.165) is 32.1 Å². The Labute approximate surface area is 138 Å². The average molecular weight is 319 g/mol. The van der Waals surface area contributed by atoms with Gasteiger partial charge in [-0.3, -0.25) is 4.79 Å². The smallest absolute Gasteiger partial charge is 0.186 e. The summed E-state index contributed by atoms with van der Waals surface area (Å²) in [6, 6.07) is 0. The first-order valence-corrected chi connectivity index (χ1v) is 9.34. The Kier molecular flexibility index (Phi) is 3.43. The molecule has 7 atom stereocenters. The van der Waals surface area contributed by atoms with Crippen molar-refractivity contribution in [1.82, 2.24) is 0 Å². The Hall–Kier alpha value is -0.900. The van der Waals surface area contributed by atoms with Gasteiger partial charge in [0.1, 0.15) is 5.71 Å². The lowest BCUT2D eigenvalue weighted by Gasteiger charge is -2.59. The lowest BCUT2D eigenvalue weighted by Crippen LogP contribution is -2.54. The van der Waals surface area contributed by atoms with E-state index in [1.807, 2.05) is 0 Å². The second-order valence-electron chi connectivity index (χ2n) is 9.12. The van der Waals surface area contributed by atoms with E-state index in [2.05, 4.69) is 19.0 Å². The van der Waals surface area contributed by atoms with Crippen LogP contribution in [0.2, 0.25) is 0 Å². The minimum Gasteiger partial charge on any atom is -0.411 e. The Morgan fingerprint density at radius 2 is 1.87 bits per heavy atom. The summed E-state index contributed by atoms with van der Waals surface area (Å²) in [4.78, 5) is 12.6. The number of carbonyl (C=O) groups is 1. The van der Waals surface area contributed by atoms with E-state index in [1.54, 1.807) is 0 Å². The summed E-state index contributed by atoms with van der Waals surface area (Å²) in [6.07, 6.45) is 7.97. The molecular weight excluding hydrogens is 290 g/mol. The Morgan fingerprint density at radius 1 is 1.09 bits per heavy atom. The molecule has 4 rings (SSSR count). The van der Waals surface area contributed by atoms with E-state index in [1.165, 1.54) is 12.8 Å². The molecule has 0 amide bonds. The molecule has 0 unspecified atom stereocenters. The van der Waals surface area contributed by atoms with E-state index in [9.17, 15) is 15.1 Å². The first kappa shape index (κ1) is 15.6. The highest BCUT2D eigenvalue weighted by Crippen LogP contribution is 2.65. The van der Waals surface area contributed by atoms with Crippen molar-refractivity contribution in [2.75, 3.05) is 0 Å². The van der Waals surface area contributed by atoms with Gasteiger partial charge in [0.2, 0.25) is 0 Å². The zero-order valence-corrected chi connectivity index (χ0v) is 14.3. The van der Waals surface area contributed by atoms with Crippen LogP contribution in [0.5, 0.6) is 0 Å². The van der Waals surface area contributed by atoms with Crippen molar-refractivity contribution in [1.29, 1.82) is 0 Å². The van der Waals surface area contributed by atoms with Crippen LogP contribution >= 0.6 is 0 Å². The molecule has 128 valence electrons. The van der Waals surface area contributed by atoms with E-state index in [4.69, 9.17) is 0 Å². The number of hydrogen-bond donors (Lipinski definition) is 2. The first-order valence-electron chi connectivity index (χ1n) is 9.34. The van der Waals surface area contributed by atoms with Crippen molar-refractivity contribution in [3.63, 3.8) is 0 Å². The number of rotatable bonds is 0. The lowest BCUT2D eigenvalue weighted by atomic mass is 9.45. The molecule has 0 radical (unpaired) electrons. The van der Waals surface area contributed by atoms with Crippen LogP contribution in [-0.2, 0) is 4.79 Å². The van der Waals surface area contributed by atoms with Crippen LogP contribution in [0.3, 0.4) is 0 Å². The van der Waals surface area contributed by atoms with Gasteiger partial charge in [-0.25, -0.2) is 0 Å². The minimum absolute atomic E-state index is 0.0924. The fraction of sp³-hybridized carbons (Fsp3) is 0.895. The van der Waals surface area contributed by atoms with Crippen molar-refractivity contribution in [2.24, 2.45) is 39.7 Å². The highest BCUT2D eigenvalue weighted by molar-refractivity contribution is 6.43. The number of fused-ring (bicyclic) bond motifs is 5. The lowest BCUT2D eigenvalue weighted by molar-refractivity contribution is -0.141. The molecule has 0 bridgehead atoms. The maximum absolute atomic E-state index is 12.6. The number of oxime groups is 1. The third kappa shape index (κ3) is 2.00. The molecule has 0 spiro atoms. The molecule has 4 heteroatoms. The Balaban J connectivity index is 1.66. The maximum Gasteiger partial charge on any atom is 0.186 e. The average Bonchev–Trinajstić information content (AvgIpc) is 2.79. The topological polar surface area (TPSA) is 69.9 Å². The molecule has 23 heavy (non-hydrogen) atoms. The number of aliphatic hydroxyl groups is 1. The molecule has 2 N–H and O–H groups in total. The first-order chi connectivity index (χ1) is 10.9. The van der Waals surface area contributed by atoms with Crippen LogP contribution in [0.15, 0.2) is 5.16 Å². The summed E-state index contributed by atoms with van der Waals surface area (Å²) in [5.74, 6) is 2.32. The summed E-state index contributed by atoms with van der Waals surface area (Å²) in [6.45, 7) is 4.55. The largest absolute Gasteiger partial charge is 0.411 e. The van der Waals surface area contributed by atoms with Crippen LogP contribution in [0.4, 0.5) is 0 Å². The Bertz CT molecular complexity index is 559. The Morgan fingerprint density at radius 3 is 2.61 bits per heavy atom. The summed E-state index contributed by atoms with van der Waals surface area (Å²) in [7, 11) is 0. The van der Waals surface area contributed by atoms with Crippen LogP contribution in [0.25, 0.3) is 0 Å². The highest BCUT2D eigenvalue weighted by atomic mass is 16.4. The van der Waals surface area contributed by atoms with Crippen molar-refractivity contribution < 1.29 is 15.1 Å². The minimum atomic E-state index is -0.305. The summed E-state index contributed by atoms with van der Waals surface area (Å²) >= 11 is 0. The van der Waals surface area contributed by atoms with Crippen molar-refractivity contribution in [3.05, 3.63) is 0 Å². The van der Waals surface area contributed by atoms with Crippen LogP contribution < -0.4 is 0 Å². The molecule has 0 saturated heterocycles. The molecule has 0 aromatic carbocycles. The molecule has 4 nitrogen and oxygen atoms in total. The normalized spacial score (nSPS) is 54.5. The predicted molar refractivity (Wildman–Crippen MR) is 87.3 cm³/mol. The maximum atomic E-state index is 12.6. The molecule has 4 aliphatic rings. The molecule has 0 aromatic heterocycles. The third-order valence-corrected chi connectivity index (χ3v) is 8.34. The molecule has 4 saturated carbocycles. The zero-order chi connectivity index (χ0) is 16.4. The molecule has 0 heterocycles. The standard InChI is InChI=1S/C19H29NO3/c1-18-7-5-12(21)9-11(18)3-4-13-14(18)6-8-19(2)15(13)10-16(20-23)17(19)22/h11-15,21,23H,3-10H2,1-2H3/b20-16+/t11-,12-,13+,14-,15+,18+,19+/m0/s1. The quantitative estimate of drug-likeness (QED) is 0.531. The van der Waals surface area contributed by atoms with Gasteiger partial charge in [0, 0.05) is 11.8 Å². The molecule has 4 fully saturated rings. The van der Waals surface area contributed by atoms with Gasteiger partial charge in [0.25, 0.3) is 0 Å². The van der Waals surface area contributed by atoms with Gasteiger partial charge in [0.05, 0.1) is 6.10 Å². The van der Waals surface area contributed by atoms with Crippen molar-refractivity contribution in [3.8, 4) is 0 Å². The third-order valence-electron chi connectivity index (χ3n) is 8.34. The fourth-order valence-electron chi connectivity index (χ4n) is 6.93. The number of nitrogens with zero attached hydrogens (tertiary/aromatic N) is 1. The SMILES string of the molecule is C[C@@]12CC[C@H](O)C[C@@H]1CC[C@H]1[C@H]3C/C(=N\O)C(=O)[C@]3(C)CC[C@@H]12. The second kappa shape index (κ2) is 5.05. The van der Waals surface area contributed by atoms with Gasteiger partial charge in [0.15, 0.2) is 5.78 Å². The van der Waals surface area contributed by atoms with E-state index < -0.39 is 0 Å². The van der Waals surface area contributed by atoms with Crippen LogP contribution in [-0.4, -0.2) is 27.9 Å². The molecule has 0 aromatic rings. The fourth-order valence-corrected chi connectivity index (χ4v) is 6.93. The number of hydrogen-bond acceptors (Lipinski definition) is 4. The second-order valence-corrected chi connectivity index (χ2v) is 9.12. The van der Waals surface area contributed by atoms with E-state index in [-0.39, 0.29) is 17.3 Å². The predicted octanol–water partition coefficient (Wildman–Crippen LogP) is 3.40. The van der Waals surface area contributed by atoms with Gasteiger partial charge in [-0.2, -0.15) is 0 Å². The van der Waals surface area contributed by atoms with Gasteiger partial charge >= 0.3 is 0 Å². The highest BCUT2D eigenvalue weighted by Gasteiger charge is 2.61. The number of ketones is 1. The summed E-state index contributed by atoms with van der Waals surface area (Å²) < 4.78 is 0. The van der Waals surface area contributed by atoms with Crippen LogP contribution in [0.1, 0.15) is 65.2 Å². The van der Waals surface area contributed by atoms with Gasteiger partial charge in [-0.1, -0.05) is 19.0 Å². The van der Waals surface area contributed by atoms with Gasteiger partial charge in [-0.05, 0) is 74.0 Å². The zero-order valence-electron chi connectivity index (χ0n) is 14.3. The van der Waals surface area contributed by atoms with E-state index >= 15 is 0 Å². The van der Waals surface area contributed by atoms with Crippen molar-refractivity contribution >= 4 is 11.5 Å². The molecular formula is C19H29NO3. The number of Topliss-reactive ketones (excluding diaryl/α,β-unsaturated/α-hetero) is 1. The van der Waals surface area contributed by atoms with E-state index in [0.29, 0.717) is 41.2 Å². The number of aliphatic hydroxyl groups excluding tert-OH is 1. The van der Waals surface area contributed by atoms with Crippen molar-refractivity contribution in [2.45, 2.75) is 71.3 Å². The van der Waals surface area contributed by atoms with Gasteiger partial charge < -0.3 is 10.3 Å². The molecule has 0 aliphatic heterocycles. The van der Waals surface area contributed by atoms with Crippen LogP contribution in [0, 0.1) is 34.5 Å². The monoisotopic (exact) mass is 319 g/mol. The number of carbonyl (C=O) groups excluding carboxylic acids is 1. The summed E-state index contributed by atoms with van der Waals surface area (Å²) in [5.41, 5.74) is 0.427. The van der Waals surface area contributed by atoms with Gasteiger partial charge in [-0.15, -0.1) is 0 Å².